The van der Waals surface area contributed by atoms with Crippen molar-refractivity contribution in [2.24, 2.45) is 7.05 Å². The molecule has 1 N–H and O–H groups in total. The molecular weight excluding hydrogens is 404 g/mol. The van der Waals surface area contributed by atoms with Crippen LogP contribution in [0.4, 0.5) is 32.0 Å². The highest BCUT2D eigenvalue weighted by molar-refractivity contribution is 6.03. The highest BCUT2D eigenvalue weighted by Crippen LogP contribution is 2.35. The number of carbonyl (C=O) groups is 1. The van der Waals surface area contributed by atoms with E-state index in [-0.39, 0.29) is 0 Å². The summed E-state index contributed by atoms with van der Waals surface area (Å²) in [5.41, 5.74) is 0.343. The number of ether oxygens (including phenoxy) is 1. The molecule has 1 heterocycles. The van der Waals surface area contributed by atoms with Crippen LogP contribution in [-0.4, -0.2) is 28.5 Å². The highest BCUT2D eigenvalue weighted by Gasteiger charge is 2.32. The van der Waals surface area contributed by atoms with E-state index in [1.807, 2.05) is 0 Å². The molecule has 1 amide bonds. The summed E-state index contributed by atoms with van der Waals surface area (Å²) in [5.74, 6) is -1.38. The number of carbonyl (C=O) groups excluding carboxylic acids is 1. The lowest BCUT2D eigenvalue weighted by molar-refractivity contribution is -0.153. The number of aromatic nitrogens is 2. The SMILES string of the molecule is Cc1nn(C)c(C)c1/C=C/C(=O)Nc1cc(C(F)(F)F)ccc1OCC(F)(F)F. The summed E-state index contributed by atoms with van der Waals surface area (Å²) >= 11 is 0. The van der Waals surface area contributed by atoms with E-state index in [9.17, 15) is 31.1 Å². The van der Waals surface area contributed by atoms with Gasteiger partial charge in [0.25, 0.3) is 0 Å². The molecule has 0 unspecified atom stereocenters. The highest BCUT2D eigenvalue weighted by atomic mass is 19.4. The molecule has 1 aromatic heterocycles. The third kappa shape index (κ3) is 6.00. The Kier molecular flexibility index (Phi) is 6.29. The molecule has 11 heteroatoms. The van der Waals surface area contributed by atoms with Gasteiger partial charge in [-0.3, -0.25) is 9.48 Å². The van der Waals surface area contributed by atoms with Gasteiger partial charge >= 0.3 is 12.4 Å². The average molecular weight is 421 g/mol. The number of hydrogen-bond donors (Lipinski definition) is 1. The van der Waals surface area contributed by atoms with E-state index in [0.717, 1.165) is 17.8 Å². The number of nitrogens with one attached hydrogen (secondary N) is 1. The van der Waals surface area contributed by atoms with Gasteiger partial charge in [-0.05, 0) is 38.1 Å². The maximum atomic E-state index is 12.9. The molecule has 0 bridgehead atoms. The van der Waals surface area contributed by atoms with Crippen molar-refractivity contribution in [1.82, 2.24) is 9.78 Å². The Hall–Kier alpha value is -2.98. The standard InChI is InChI=1S/C18H17F6N3O2/c1-10-13(11(2)27(3)26-10)5-7-16(28)25-14-8-12(18(22,23)24)4-6-15(14)29-9-17(19,20)21/h4-8H,9H2,1-3H3,(H,25,28)/b7-5+. The topological polar surface area (TPSA) is 56.2 Å². The minimum Gasteiger partial charge on any atom is -0.482 e. The number of alkyl halides is 6. The number of hydrogen-bond acceptors (Lipinski definition) is 3. The number of anilines is 1. The third-order valence-electron chi connectivity index (χ3n) is 3.92. The lowest BCUT2D eigenvalue weighted by atomic mass is 10.1. The fourth-order valence-electron chi connectivity index (χ4n) is 2.45. The van der Waals surface area contributed by atoms with Crippen molar-refractivity contribution < 1.29 is 35.9 Å². The van der Waals surface area contributed by atoms with Crippen molar-refractivity contribution in [3.8, 4) is 5.75 Å². The quantitative estimate of drug-likeness (QED) is 0.565. The van der Waals surface area contributed by atoms with E-state index in [1.165, 1.54) is 6.08 Å². The Labute approximate surface area is 162 Å². The van der Waals surface area contributed by atoms with Crippen molar-refractivity contribution in [2.45, 2.75) is 26.2 Å². The predicted octanol–water partition coefficient (Wildman–Crippen LogP) is 4.65. The molecule has 1 aromatic carbocycles. The first kappa shape index (κ1) is 22.3. The molecule has 0 aliphatic heterocycles. The van der Waals surface area contributed by atoms with Crippen molar-refractivity contribution in [1.29, 1.82) is 0 Å². The first-order valence-corrected chi connectivity index (χ1v) is 8.18. The summed E-state index contributed by atoms with van der Waals surface area (Å²) in [5, 5.41) is 6.28. The molecule has 2 aromatic rings. The average Bonchev–Trinajstić information content (AvgIpc) is 2.82. The van der Waals surface area contributed by atoms with Gasteiger partial charge in [0.05, 0.1) is 16.9 Å². The molecule has 0 fully saturated rings. The Morgan fingerprint density at radius 1 is 1.21 bits per heavy atom. The molecule has 0 aliphatic carbocycles. The summed E-state index contributed by atoms with van der Waals surface area (Å²) in [7, 11) is 1.70. The van der Waals surface area contributed by atoms with Gasteiger partial charge in [-0.25, -0.2) is 0 Å². The summed E-state index contributed by atoms with van der Waals surface area (Å²) in [4.78, 5) is 12.1. The van der Waals surface area contributed by atoms with Gasteiger partial charge in [0, 0.05) is 24.4 Å². The molecule has 158 valence electrons. The Morgan fingerprint density at radius 2 is 1.86 bits per heavy atom. The summed E-state index contributed by atoms with van der Waals surface area (Å²) in [6.07, 6.45) is -6.98. The largest absolute Gasteiger partial charge is 0.482 e. The van der Waals surface area contributed by atoms with Crippen LogP contribution in [-0.2, 0) is 18.0 Å². The zero-order chi connectivity index (χ0) is 22.0. The molecule has 29 heavy (non-hydrogen) atoms. The van der Waals surface area contributed by atoms with Gasteiger partial charge in [0.15, 0.2) is 6.61 Å². The van der Waals surface area contributed by atoms with Gasteiger partial charge in [-0.1, -0.05) is 0 Å². The van der Waals surface area contributed by atoms with Crippen LogP contribution in [0.5, 0.6) is 5.75 Å². The molecule has 5 nitrogen and oxygen atoms in total. The Morgan fingerprint density at radius 3 is 2.38 bits per heavy atom. The first-order chi connectivity index (χ1) is 13.3. The van der Waals surface area contributed by atoms with Crippen LogP contribution in [0.1, 0.15) is 22.5 Å². The van der Waals surface area contributed by atoms with Gasteiger partial charge < -0.3 is 10.1 Å². The van der Waals surface area contributed by atoms with Crippen LogP contribution < -0.4 is 10.1 Å². The van der Waals surface area contributed by atoms with Crippen molar-refractivity contribution in [3.63, 3.8) is 0 Å². The second-order valence-electron chi connectivity index (χ2n) is 6.14. The summed E-state index contributed by atoms with van der Waals surface area (Å²) < 4.78 is 82.0. The van der Waals surface area contributed by atoms with Crippen molar-refractivity contribution in [3.05, 3.63) is 46.8 Å². The van der Waals surface area contributed by atoms with E-state index in [2.05, 4.69) is 15.2 Å². The van der Waals surface area contributed by atoms with Gasteiger partial charge in [0.1, 0.15) is 5.75 Å². The van der Waals surface area contributed by atoms with Crippen molar-refractivity contribution in [2.75, 3.05) is 11.9 Å². The number of rotatable bonds is 5. The molecule has 0 radical (unpaired) electrons. The molecule has 0 spiro atoms. The van der Waals surface area contributed by atoms with Crippen LogP contribution in [0.15, 0.2) is 24.3 Å². The minimum absolute atomic E-state index is 0.512. The first-order valence-electron chi connectivity index (χ1n) is 8.18. The van der Waals surface area contributed by atoms with Crippen LogP contribution >= 0.6 is 0 Å². The van der Waals surface area contributed by atoms with E-state index < -0.39 is 41.9 Å². The predicted molar refractivity (Wildman–Crippen MR) is 93.3 cm³/mol. The molecule has 0 atom stereocenters. The van der Waals surface area contributed by atoms with Crippen LogP contribution in [0, 0.1) is 13.8 Å². The molecule has 2 rings (SSSR count). The van der Waals surface area contributed by atoms with E-state index in [0.29, 0.717) is 23.4 Å². The number of halogens is 6. The normalized spacial score (nSPS) is 12.4. The van der Waals surface area contributed by atoms with Gasteiger partial charge in [-0.2, -0.15) is 31.4 Å². The lowest BCUT2D eigenvalue weighted by Gasteiger charge is -2.15. The number of nitrogens with zero attached hydrogens (tertiary/aromatic N) is 2. The van der Waals surface area contributed by atoms with Crippen LogP contribution in [0.25, 0.3) is 6.08 Å². The number of amides is 1. The molecule has 0 saturated carbocycles. The minimum atomic E-state index is -4.75. The second kappa shape index (κ2) is 8.18. The van der Waals surface area contributed by atoms with E-state index >= 15 is 0 Å². The van der Waals surface area contributed by atoms with Crippen LogP contribution in [0.2, 0.25) is 0 Å². The summed E-state index contributed by atoms with van der Waals surface area (Å²) in [6, 6.07) is 1.81. The molecule has 0 saturated heterocycles. The molecular formula is C18H17F6N3O2. The van der Waals surface area contributed by atoms with Gasteiger partial charge in [0.2, 0.25) is 5.91 Å². The summed E-state index contributed by atoms with van der Waals surface area (Å²) in [6.45, 7) is 1.75. The maximum absolute atomic E-state index is 12.9. The monoisotopic (exact) mass is 421 g/mol. The third-order valence-corrected chi connectivity index (χ3v) is 3.92. The Bertz CT molecular complexity index is 929. The zero-order valence-electron chi connectivity index (χ0n) is 15.6. The number of benzene rings is 1. The van der Waals surface area contributed by atoms with E-state index in [4.69, 9.17) is 0 Å². The fraction of sp³-hybridized carbons (Fsp3) is 0.333. The van der Waals surface area contributed by atoms with Crippen LogP contribution in [0.3, 0.4) is 0 Å². The molecule has 0 aliphatic rings. The lowest BCUT2D eigenvalue weighted by Crippen LogP contribution is -2.20. The zero-order valence-corrected chi connectivity index (χ0v) is 15.6. The maximum Gasteiger partial charge on any atom is 0.422 e. The second-order valence-corrected chi connectivity index (χ2v) is 6.14. The van der Waals surface area contributed by atoms with Gasteiger partial charge in [-0.15, -0.1) is 0 Å². The fourth-order valence-corrected chi connectivity index (χ4v) is 2.45. The number of aryl methyl sites for hydroxylation is 2. The Balaban J connectivity index is 2.27. The smallest absolute Gasteiger partial charge is 0.422 e. The van der Waals surface area contributed by atoms with Crippen molar-refractivity contribution >= 4 is 17.7 Å². The van der Waals surface area contributed by atoms with E-state index in [1.54, 1.807) is 25.6 Å².